The number of rotatable bonds is 1. The second-order valence-corrected chi connectivity index (χ2v) is 2.65. The molecular weight excluding hydrogens is 217 g/mol. The van der Waals surface area contributed by atoms with Crippen molar-refractivity contribution in [2.24, 2.45) is 10.1 Å². The Labute approximate surface area is 63.0 Å². The molecule has 0 aromatic rings. The maximum absolute atomic E-state index is 3.90. The van der Waals surface area contributed by atoms with Gasteiger partial charge in [0.2, 0.25) is 0 Å². The summed E-state index contributed by atoms with van der Waals surface area (Å²) in [6.07, 6.45) is 0. The monoisotopic (exact) mass is 225 g/mol. The Morgan fingerprint density at radius 2 is 2.25 bits per heavy atom. The van der Waals surface area contributed by atoms with E-state index in [0.29, 0.717) is 5.84 Å². The topological polar surface area (TPSA) is 28.0 Å². The molecule has 0 spiro atoms. The first kappa shape index (κ1) is 7.87. The highest BCUT2D eigenvalue weighted by Crippen LogP contribution is 1.93. The molecule has 0 heterocycles. The van der Waals surface area contributed by atoms with Gasteiger partial charge in [-0.1, -0.05) is 0 Å². The van der Waals surface area contributed by atoms with Crippen LogP contribution in [-0.4, -0.2) is 22.8 Å². The summed E-state index contributed by atoms with van der Waals surface area (Å²) in [7, 11) is 1.83. The van der Waals surface area contributed by atoms with Gasteiger partial charge >= 0.3 is 0 Å². The second kappa shape index (κ2) is 3.82. The largest absolute Gasteiger partial charge is 0.248 e. The molecule has 0 unspecified atom stereocenters. The summed E-state index contributed by atoms with van der Waals surface area (Å²) in [4.78, 5) is 3.58. The minimum absolute atomic E-state index is 0.682. The van der Waals surface area contributed by atoms with Crippen LogP contribution < -0.4 is 0 Å². The van der Waals surface area contributed by atoms with Crippen molar-refractivity contribution in [2.75, 3.05) is 7.05 Å². The maximum Gasteiger partial charge on any atom is 0.145 e. The van der Waals surface area contributed by atoms with E-state index in [9.17, 15) is 0 Å². The van der Waals surface area contributed by atoms with Crippen LogP contribution >= 0.6 is 22.9 Å². The highest BCUT2D eigenvalue weighted by Gasteiger charge is 1.82. The molecule has 0 amide bonds. The van der Waals surface area contributed by atoms with E-state index in [0.717, 1.165) is 0 Å². The molecule has 0 saturated heterocycles. The molecule has 0 aliphatic carbocycles. The average molecular weight is 225 g/mol. The van der Waals surface area contributed by atoms with Gasteiger partial charge in [-0.15, -0.1) is 0 Å². The van der Waals surface area contributed by atoms with Crippen LogP contribution in [0.3, 0.4) is 0 Å². The van der Waals surface area contributed by atoms with Crippen LogP contribution in [0.2, 0.25) is 0 Å². The quantitative estimate of drug-likeness (QED) is 0.217. The third kappa shape index (κ3) is 4.04. The highest BCUT2D eigenvalue weighted by atomic mass is 127. The number of aliphatic imine (C=N–C) groups is 1. The Morgan fingerprint density at radius 3 is 2.38 bits per heavy atom. The number of hydrazone groups is 1. The molecule has 0 aromatic carbocycles. The van der Waals surface area contributed by atoms with Gasteiger partial charge in [-0.25, -0.2) is 8.21 Å². The zero-order valence-electron chi connectivity index (χ0n) is 4.93. The van der Waals surface area contributed by atoms with E-state index in [1.54, 1.807) is 10.1 Å². The molecule has 0 rings (SSSR count). The Morgan fingerprint density at radius 1 is 1.75 bits per heavy atom. The first-order valence-corrected chi connectivity index (χ1v) is 3.04. The summed E-state index contributed by atoms with van der Waals surface area (Å²) >= 11 is 2.04. The SMILES string of the molecule is C=N/C(C)=N\N(C)I. The predicted octanol–water partition coefficient (Wildman–Crippen LogP) is 1.30. The Balaban J connectivity index is 3.74. The first-order chi connectivity index (χ1) is 3.66. The normalized spacial score (nSPS) is 11.1. The van der Waals surface area contributed by atoms with E-state index >= 15 is 0 Å². The van der Waals surface area contributed by atoms with E-state index in [2.05, 4.69) is 16.8 Å². The summed E-state index contributed by atoms with van der Waals surface area (Å²) in [6, 6.07) is 0. The fraction of sp³-hybridized carbons (Fsp3) is 0.500. The van der Waals surface area contributed by atoms with E-state index in [-0.39, 0.29) is 0 Å². The van der Waals surface area contributed by atoms with E-state index < -0.39 is 0 Å². The fourth-order valence-electron chi connectivity index (χ4n) is 0.231. The number of amidine groups is 1. The molecule has 0 bridgehead atoms. The molecule has 0 radical (unpaired) electrons. The second-order valence-electron chi connectivity index (χ2n) is 1.25. The summed E-state index contributed by atoms with van der Waals surface area (Å²) in [6.45, 7) is 5.10. The van der Waals surface area contributed by atoms with Gasteiger partial charge in [-0.3, -0.25) is 0 Å². The van der Waals surface area contributed by atoms with E-state index in [1.165, 1.54) is 0 Å². The van der Waals surface area contributed by atoms with Crippen molar-refractivity contribution >= 4 is 35.4 Å². The number of hydrogen-bond donors (Lipinski definition) is 0. The molecule has 46 valence electrons. The fourth-order valence-corrected chi connectivity index (χ4v) is 0.543. The van der Waals surface area contributed by atoms with Crippen LogP contribution in [0.4, 0.5) is 0 Å². The van der Waals surface area contributed by atoms with Gasteiger partial charge in [0.15, 0.2) is 0 Å². The average Bonchev–Trinajstić information content (AvgIpc) is 1.65. The summed E-state index contributed by atoms with van der Waals surface area (Å²) in [5.41, 5.74) is 0. The van der Waals surface area contributed by atoms with Crippen molar-refractivity contribution in [3.8, 4) is 0 Å². The van der Waals surface area contributed by atoms with E-state index in [1.807, 2.05) is 29.9 Å². The summed E-state index contributed by atoms with van der Waals surface area (Å²) in [5, 5.41) is 3.90. The summed E-state index contributed by atoms with van der Waals surface area (Å²) < 4.78 is 1.65. The minimum Gasteiger partial charge on any atom is -0.248 e. The Kier molecular flexibility index (Phi) is 3.76. The molecule has 0 N–H and O–H groups in total. The molecule has 3 nitrogen and oxygen atoms in total. The van der Waals surface area contributed by atoms with Crippen LogP contribution in [0.1, 0.15) is 6.92 Å². The zero-order valence-corrected chi connectivity index (χ0v) is 7.08. The van der Waals surface area contributed by atoms with Crippen molar-refractivity contribution in [3.63, 3.8) is 0 Å². The van der Waals surface area contributed by atoms with Crippen LogP contribution in [0, 0.1) is 0 Å². The molecule has 0 fully saturated rings. The van der Waals surface area contributed by atoms with Crippen molar-refractivity contribution in [3.05, 3.63) is 0 Å². The van der Waals surface area contributed by atoms with Gasteiger partial charge < -0.3 is 0 Å². The van der Waals surface area contributed by atoms with Gasteiger partial charge in [0.25, 0.3) is 0 Å². The van der Waals surface area contributed by atoms with Crippen molar-refractivity contribution in [2.45, 2.75) is 6.92 Å². The standard InChI is InChI=1S/C4H8IN3/c1-4(6-2)7-8(3)5/h2H2,1,3H3/b7-4-. The first-order valence-electron chi connectivity index (χ1n) is 2.08. The molecule has 0 aromatic heterocycles. The molecule has 0 aliphatic heterocycles. The van der Waals surface area contributed by atoms with Gasteiger partial charge in [-0.05, 0) is 13.6 Å². The molecular formula is C4H8IN3. The molecule has 0 aliphatic rings. The molecule has 0 saturated carbocycles. The highest BCUT2D eigenvalue weighted by molar-refractivity contribution is 14.1. The van der Waals surface area contributed by atoms with Crippen molar-refractivity contribution in [1.29, 1.82) is 0 Å². The number of nitrogens with zero attached hydrogens (tertiary/aromatic N) is 3. The van der Waals surface area contributed by atoms with Crippen LogP contribution in [0.5, 0.6) is 0 Å². The third-order valence-electron chi connectivity index (χ3n) is 0.511. The van der Waals surface area contributed by atoms with Crippen LogP contribution in [0.25, 0.3) is 0 Å². The van der Waals surface area contributed by atoms with Crippen molar-refractivity contribution in [1.82, 2.24) is 3.22 Å². The third-order valence-corrected chi connectivity index (χ3v) is 0.727. The zero-order chi connectivity index (χ0) is 6.57. The van der Waals surface area contributed by atoms with E-state index in [4.69, 9.17) is 0 Å². The molecule has 4 heteroatoms. The number of hydrogen-bond acceptors (Lipinski definition) is 2. The molecule has 8 heavy (non-hydrogen) atoms. The Bertz CT molecular complexity index is 108. The van der Waals surface area contributed by atoms with Crippen LogP contribution in [0.15, 0.2) is 10.1 Å². The lowest BCUT2D eigenvalue weighted by molar-refractivity contribution is 0.664. The number of halogens is 1. The summed E-state index contributed by atoms with van der Waals surface area (Å²) in [5.74, 6) is 0.682. The Hall–Kier alpha value is -0.130. The predicted molar refractivity (Wildman–Crippen MR) is 44.4 cm³/mol. The van der Waals surface area contributed by atoms with Crippen LogP contribution in [-0.2, 0) is 0 Å². The van der Waals surface area contributed by atoms with Crippen molar-refractivity contribution < 1.29 is 0 Å². The van der Waals surface area contributed by atoms with Gasteiger partial charge in [0.05, 0.1) is 22.9 Å². The maximum atomic E-state index is 3.90. The van der Waals surface area contributed by atoms with Gasteiger partial charge in [0.1, 0.15) is 5.84 Å². The lowest BCUT2D eigenvalue weighted by Crippen LogP contribution is -1.96. The minimum atomic E-state index is 0.682. The lowest BCUT2D eigenvalue weighted by atomic mass is 10.7. The van der Waals surface area contributed by atoms with Gasteiger partial charge in [-0.2, -0.15) is 5.10 Å². The lowest BCUT2D eigenvalue weighted by Gasteiger charge is -1.98. The molecule has 0 atom stereocenters. The smallest absolute Gasteiger partial charge is 0.145 e. The van der Waals surface area contributed by atoms with Gasteiger partial charge in [0, 0.05) is 7.05 Å².